The minimum absolute atomic E-state index is 0.0106. The van der Waals surface area contributed by atoms with Crippen molar-refractivity contribution >= 4 is 47.0 Å². The zero-order valence-corrected chi connectivity index (χ0v) is 8.51. The Hall–Kier alpha value is -1.34. The first-order valence-corrected chi connectivity index (χ1v) is 4.82. The molecule has 0 bridgehead atoms. The first kappa shape index (κ1) is 10.7. The van der Waals surface area contributed by atoms with Crippen molar-refractivity contribution in [3.05, 3.63) is 16.5 Å². The number of carboxylic acid groups (broad SMARTS) is 1. The molecule has 14 heavy (non-hydrogen) atoms. The van der Waals surface area contributed by atoms with Gasteiger partial charge < -0.3 is 10.4 Å². The van der Waals surface area contributed by atoms with Gasteiger partial charge in [0.2, 0.25) is 6.41 Å². The van der Waals surface area contributed by atoms with E-state index in [2.05, 4.69) is 22.9 Å². The Labute approximate surface area is 88.9 Å². The minimum atomic E-state index is -1.11. The van der Waals surface area contributed by atoms with Crippen LogP contribution in [0.3, 0.4) is 0 Å². The monoisotopic (exact) mass is 230 g/mol. The van der Waals surface area contributed by atoms with Crippen LogP contribution in [-0.4, -0.2) is 22.5 Å². The maximum Gasteiger partial charge on any atom is 0.338 e. The quantitative estimate of drug-likeness (QED) is 0.410. The minimum Gasteiger partial charge on any atom is -0.478 e. The van der Waals surface area contributed by atoms with E-state index in [-0.39, 0.29) is 11.3 Å². The van der Waals surface area contributed by atoms with E-state index in [1.54, 1.807) is 0 Å². The molecule has 5 nitrogen and oxygen atoms in total. The van der Waals surface area contributed by atoms with Gasteiger partial charge in [0.25, 0.3) is 0 Å². The number of anilines is 1. The van der Waals surface area contributed by atoms with E-state index in [0.717, 1.165) is 16.7 Å². The summed E-state index contributed by atoms with van der Waals surface area (Å²) in [6, 6.07) is 0. The number of thiazole rings is 1. The van der Waals surface area contributed by atoms with E-state index in [1.807, 2.05) is 0 Å². The average Bonchev–Trinajstić information content (AvgIpc) is 2.54. The van der Waals surface area contributed by atoms with Gasteiger partial charge >= 0.3 is 5.97 Å². The van der Waals surface area contributed by atoms with Gasteiger partial charge in [-0.25, -0.2) is 9.78 Å². The summed E-state index contributed by atoms with van der Waals surface area (Å²) in [6.45, 7) is 0. The smallest absolute Gasteiger partial charge is 0.338 e. The second kappa shape index (κ2) is 4.77. The molecule has 0 saturated heterocycles. The summed E-state index contributed by atoms with van der Waals surface area (Å²) in [5, 5.41) is 14.1. The third-order valence-electron chi connectivity index (χ3n) is 1.32. The Morgan fingerprint density at radius 2 is 2.43 bits per heavy atom. The molecule has 0 saturated carbocycles. The molecule has 74 valence electrons. The van der Waals surface area contributed by atoms with Gasteiger partial charge in [-0.15, -0.1) is 11.3 Å². The van der Waals surface area contributed by atoms with Gasteiger partial charge in [-0.1, -0.05) is 0 Å². The molecule has 2 N–H and O–H groups in total. The Morgan fingerprint density at radius 3 is 2.93 bits per heavy atom. The van der Waals surface area contributed by atoms with Crippen molar-refractivity contribution < 1.29 is 14.7 Å². The molecule has 0 spiro atoms. The molecular formula is C7H6N2O3S2. The number of hydrogen-bond acceptors (Lipinski definition) is 5. The van der Waals surface area contributed by atoms with Crippen molar-refractivity contribution in [3.63, 3.8) is 0 Å². The fourth-order valence-electron chi connectivity index (χ4n) is 0.745. The molecule has 0 aromatic carbocycles. The fourth-order valence-corrected chi connectivity index (χ4v) is 1.66. The topological polar surface area (TPSA) is 79.3 Å². The molecule has 0 aliphatic carbocycles. The number of amides is 1. The van der Waals surface area contributed by atoms with Gasteiger partial charge in [0.05, 0.1) is 11.3 Å². The zero-order valence-electron chi connectivity index (χ0n) is 6.80. The van der Waals surface area contributed by atoms with Crippen molar-refractivity contribution in [2.45, 2.75) is 0 Å². The highest BCUT2D eigenvalue weighted by molar-refractivity contribution is 7.83. The molecule has 0 aliphatic heterocycles. The van der Waals surface area contributed by atoms with Crippen molar-refractivity contribution in [2.24, 2.45) is 0 Å². The average molecular weight is 230 g/mol. The highest BCUT2D eigenvalue weighted by Crippen LogP contribution is 2.21. The van der Waals surface area contributed by atoms with Crippen LogP contribution < -0.4 is 5.32 Å². The van der Waals surface area contributed by atoms with Crippen LogP contribution in [0.2, 0.25) is 0 Å². The van der Waals surface area contributed by atoms with E-state index in [9.17, 15) is 9.59 Å². The summed E-state index contributed by atoms with van der Waals surface area (Å²) in [6.07, 6.45) is 0.480. The first-order valence-electron chi connectivity index (χ1n) is 3.42. The predicted molar refractivity (Wildman–Crippen MR) is 56.4 cm³/mol. The van der Waals surface area contributed by atoms with E-state index in [4.69, 9.17) is 5.11 Å². The first-order chi connectivity index (χ1) is 6.69. The highest BCUT2D eigenvalue weighted by atomic mass is 32.1. The summed E-state index contributed by atoms with van der Waals surface area (Å²) in [7, 11) is 0. The third kappa shape index (κ3) is 2.33. The van der Waals surface area contributed by atoms with Crippen molar-refractivity contribution in [1.29, 1.82) is 0 Å². The standard InChI is InChI=1S/C7H6N2O3S2/c10-3-8-7-9-5(2-14-7)4(1-13)6(11)12/h1-3,13H,(H,11,12)(H,8,9,10). The van der Waals surface area contributed by atoms with Gasteiger partial charge in [0, 0.05) is 5.38 Å². The summed E-state index contributed by atoms with van der Waals surface area (Å²) in [4.78, 5) is 24.6. The Morgan fingerprint density at radius 1 is 1.71 bits per heavy atom. The van der Waals surface area contributed by atoms with Gasteiger partial charge in [-0.3, -0.25) is 4.79 Å². The van der Waals surface area contributed by atoms with Crippen molar-refractivity contribution in [3.8, 4) is 0 Å². The molecule has 1 aromatic rings. The van der Waals surface area contributed by atoms with Crippen LogP contribution in [0.5, 0.6) is 0 Å². The van der Waals surface area contributed by atoms with Gasteiger partial charge in [-0.2, -0.15) is 12.6 Å². The number of hydrogen-bond donors (Lipinski definition) is 3. The molecule has 0 aliphatic rings. The molecule has 1 rings (SSSR count). The lowest BCUT2D eigenvalue weighted by Gasteiger charge is -1.94. The van der Waals surface area contributed by atoms with Crippen LogP contribution in [0.1, 0.15) is 5.69 Å². The molecule has 1 heterocycles. The van der Waals surface area contributed by atoms with E-state index >= 15 is 0 Å². The van der Waals surface area contributed by atoms with Crippen LogP contribution >= 0.6 is 24.0 Å². The lowest BCUT2D eigenvalue weighted by Crippen LogP contribution is -2.00. The summed E-state index contributed by atoms with van der Waals surface area (Å²) >= 11 is 4.90. The van der Waals surface area contributed by atoms with Crippen LogP contribution in [0, 0.1) is 0 Å². The molecule has 7 heteroatoms. The number of nitrogens with zero attached hydrogens (tertiary/aromatic N) is 1. The predicted octanol–water partition coefficient (Wildman–Crippen LogP) is 1.07. The third-order valence-corrected chi connectivity index (χ3v) is 2.35. The summed E-state index contributed by atoms with van der Waals surface area (Å²) in [5.74, 6) is -1.11. The molecular weight excluding hydrogens is 224 g/mol. The van der Waals surface area contributed by atoms with E-state index in [1.165, 1.54) is 5.38 Å². The van der Waals surface area contributed by atoms with E-state index in [0.29, 0.717) is 11.5 Å². The fraction of sp³-hybridized carbons (Fsp3) is 0. The number of carbonyl (C=O) groups excluding carboxylic acids is 1. The number of carboxylic acids is 1. The maximum absolute atomic E-state index is 10.7. The number of aliphatic carboxylic acids is 1. The van der Waals surface area contributed by atoms with Crippen LogP contribution in [-0.2, 0) is 9.59 Å². The molecule has 0 fully saturated rings. The van der Waals surface area contributed by atoms with Crippen LogP contribution in [0.15, 0.2) is 10.8 Å². The lowest BCUT2D eigenvalue weighted by atomic mass is 10.2. The van der Waals surface area contributed by atoms with Crippen molar-refractivity contribution in [2.75, 3.05) is 5.32 Å². The Bertz CT molecular complexity index is 386. The van der Waals surface area contributed by atoms with Gasteiger partial charge in [0.15, 0.2) is 5.13 Å². The number of carbonyl (C=O) groups is 2. The number of thiol groups is 1. The maximum atomic E-state index is 10.7. The lowest BCUT2D eigenvalue weighted by molar-refractivity contribution is -0.130. The highest BCUT2D eigenvalue weighted by Gasteiger charge is 2.12. The largest absolute Gasteiger partial charge is 0.478 e. The second-order valence-corrected chi connectivity index (χ2v) is 3.26. The Kier molecular flexibility index (Phi) is 3.66. The second-order valence-electron chi connectivity index (χ2n) is 2.15. The van der Waals surface area contributed by atoms with Gasteiger partial charge in [0.1, 0.15) is 0 Å². The molecule has 0 atom stereocenters. The van der Waals surface area contributed by atoms with Gasteiger partial charge in [-0.05, 0) is 5.41 Å². The van der Waals surface area contributed by atoms with Crippen LogP contribution in [0.4, 0.5) is 5.13 Å². The van der Waals surface area contributed by atoms with E-state index < -0.39 is 5.97 Å². The number of nitrogens with one attached hydrogen (secondary N) is 1. The summed E-state index contributed by atoms with van der Waals surface area (Å²) in [5.41, 5.74) is 0.269. The zero-order chi connectivity index (χ0) is 10.6. The molecule has 1 amide bonds. The summed E-state index contributed by atoms with van der Waals surface area (Å²) < 4.78 is 0. The molecule has 1 aromatic heterocycles. The molecule has 0 radical (unpaired) electrons. The number of aromatic nitrogens is 1. The number of rotatable bonds is 4. The van der Waals surface area contributed by atoms with Crippen molar-refractivity contribution in [1.82, 2.24) is 4.98 Å². The SMILES string of the molecule is O=CNc1nc(C(=CS)C(=O)O)cs1. The van der Waals surface area contributed by atoms with Crippen LogP contribution in [0.25, 0.3) is 5.57 Å². The Balaban J connectivity index is 2.95. The molecule has 0 unspecified atom stereocenters. The normalized spacial score (nSPS) is 11.1.